The van der Waals surface area contributed by atoms with Crippen LogP contribution in [-0.4, -0.2) is 96.7 Å². The van der Waals surface area contributed by atoms with E-state index in [0.717, 1.165) is 180 Å². The molecule has 618 valence electrons. The summed E-state index contributed by atoms with van der Waals surface area (Å²) in [6.07, 6.45) is 102. The number of hydrogen-bond donors (Lipinski definition) is 3. The number of aliphatic hydroxyl groups excluding tert-OH is 1. The number of hydrogen-bond acceptors (Lipinski definition) is 15. The molecule has 0 aromatic rings. The van der Waals surface area contributed by atoms with Gasteiger partial charge in [-0.15, -0.1) is 0 Å². The van der Waals surface area contributed by atoms with Crippen molar-refractivity contribution in [3.05, 3.63) is 219 Å². The lowest BCUT2D eigenvalue weighted by Crippen LogP contribution is -2.30. The van der Waals surface area contributed by atoms with Gasteiger partial charge in [-0.25, -0.2) is 9.13 Å². The summed E-state index contributed by atoms with van der Waals surface area (Å²) in [6.45, 7) is 4.20. The van der Waals surface area contributed by atoms with E-state index in [4.69, 9.17) is 37.0 Å². The minimum Gasteiger partial charge on any atom is -0.462 e. The Hall–Kier alpha value is -6.62. The molecule has 0 saturated carbocycles. The highest BCUT2D eigenvalue weighted by Gasteiger charge is 2.30. The van der Waals surface area contributed by atoms with E-state index in [1.165, 1.54) is 0 Å². The fourth-order valence-corrected chi connectivity index (χ4v) is 11.5. The van der Waals surface area contributed by atoms with Crippen molar-refractivity contribution in [3.63, 3.8) is 0 Å². The van der Waals surface area contributed by atoms with Crippen molar-refractivity contribution in [1.29, 1.82) is 0 Å². The third-order valence-corrected chi connectivity index (χ3v) is 17.8. The van der Waals surface area contributed by atoms with Crippen LogP contribution in [0, 0.1) is 0 Å². The largest absolute Gasteiger partial charge is 0.472 e. The fourth-order valence-electron chi connectivity index (χ4n) is 9.87. The van der Waals surface area contributed by atoms with E-state index in [-0.39, 0.29) is 25.7 Å². The zero-order valence-corrected chi connectivity index (χ0v) is 69.4. The van der Waals surface area contributed by atoms with Crippen LogP contribution in [0.5, 0.6) is 0 Å². The van der Waals surface area contributed by atoms with Crippen LogP contribution < -0.4 is 0 Å². The highest BCUT2D eigenvalue weighted by atomic mass is 31.2. The molecule has 0 heterocycles. The number of carbonyl (C=O) groups is 4. The van der Waals surface area contributed by atoms with Crippen molar-refractivity contribution < 1.29 is 80.2 Å². The van der Waals surface area contributed by atoms with Crippen molar-refractivity contribution in [2.75, 3.05) is 39.6 Å². The Bertz CT molecular complexity index is 2950. The van der Waals surface area contributed by atoms with Gasteiger partial charge in [0, 0.05) is 25.7 Å². The molecule has 0 aliphatic heterocycles. The molecule has 0 bridgehead atoms. The third kappa shape index (κ3) is 79.5. The zero-order chi connectivity index (χ0) is 80.3. The molecular weight excluding hydrogens is 1430 g/mol. The van der Waals surface area contributed by atoms with Gasteiger partial charge in [0.25, 0.3) is 0 Å². The predicted octanol–water partition coefficient (Wildman–Crippen LogP) is 24.4. The lowest BCUT2D eigenvalue weighted by molar-refractivity contribution is -0.161. The highest BCUT2D eigenvalue weighted by molar-refractivity contribution is 7.47. The molecule has 3 N–H and O–H groups in total. The van der Waals surface area contributed by atoms with E-state index in [1.54, 1.807) is 0 Å². The molecule has 0 fully saturated rings. The van der Waals surface area contributed by atoms with Gasteiger partial charge in [-0.2, -0.15) is 0 Å². The van der Waals surface area contributed by atoms with Gasteiger partial charge >= 0.3 is 39.5 Å². The van der Waals surface area contributed by atoms with E-state index < -0.39 is 97.5 Å². The van der Waals surface area contributed by atoms with Crippen LogP contribution in [0.3, 0.4) is 0 Å². The van der Waals surface area contributed by atoms with Crippen molar-refractivity contribution in [2.24, 2.45) is 0 Å². The Morgan fingerprint density at radius 2 is 0.473 bits per heavy atom. The third-order valence-electron chi connectivity index (χ3n) is 15.9. The summed E-state index contributed by atoms with van der Waals surface area (Å²) in [6, 6.07) is 0. The molecule has 0 aromatic heterocycles. The summed E-state index contributed by atoms with van der Waals surface area (Å²) in [5.41, 5.74) is 0. The number of carbonyl (C=O) groups excluding carboxylic acids is 4. The van der Waals surface area contributed by atoms with Gasteiger partial charge < -0.3 is 33.8 Å². The summed E-state index contributed by atoms with van der Waals surface area (Å²) < 4.78 is 68.6. The summed E-state index contributed by atoms with van der Waals surface area (Å²) in [5.74, 6) is -2.40. The first kappa shape index (κ1) is 103. The molecule has 0 rings (SSSR count). The summed E-state index contributed by atoms with van der Waals surface area (Å²) >= 11 is 0. The second kappa shape index (κ2) is 80.4. The average molecular weight is 1570 g/mol. The van der Waals surface area contributed by atoms with Crippen molar-refractivity contribution in [1.82, 2.24) is 0 Å². The predicted molar refractivity (Wildman–Crippen MR) is 454 cm³/mol. The minimum atomic E-state index is -5.02. The standard InChI is InChI=1S/C91H142O17P2/c1-5-9-13-17-21-25-29-33-37-41-42-46-48-52-56-60-64-68-72-76-89(94)102-82-87(108-91(96)78-74-70-66-62-58-54-50-45-40-36-32-28-24-20-16-12-8-4)84-106-110(99,100)104-80-85(92)79-103-109(97,98)105-83-86(107-90(95)77-73-69-65-61-57-53-49-44-39-35-31-27-23-19-15-11-7-3)81-101-88(93)75-71-67-63-59-55-51-47-43-38-34-30-26-22-18-14-10-6-2/h9-16,21-28,33-40,42,46-47,49,51-53,56,59,63-64,68,85-87,92H,5-8,17-20,29-32,41,43-45,48,50,54-55,57-58,60-62,65-67,69-84H2,1-4H3,(H,97,98)(H,99,100)/b13-9-,14-10-,15-11-,16-12-,25-21-,26-22-,27-23-,28-24-,37-33-,38-34-,39-35-,40-36-,46-42-,51-47-,53-49-,56-52-,63-59-,68-64-. The summed E-state index contributed by atoms with van der Waals surface area (Å²) in [5, 5.41) is 10.7. The smallest absolute Gasteiger partial charge is 0.462 e. The van der Waals surface area contributed by atoms with Crippen LogP contribution in [0.4, 0.5) is 0 Å². The topological polar surface area (TPSA) is 237 Å². The second-order valence-electron chi connectivity index (χ2n) is 26.2. The SMILES string of the molecule is CC/C=C\C/C=C\C/C=C\C/C=C\C/C=C\C/C=C\CCC(=O)OCC(COP(=O)(O)OCC(O)COP(=O)(O)OCC(COC(=O)CCC/C=C\C/C=C\C/C=C\C/C=C\C/C=C\CC)OC(=O)CCCCCC/C=C\C/C=C\C/C=C\C/C=C\CC)OC(=O)CCCCCCCCC/C=C\C/C=C\C/C=C\CC. The second-order valence-corrected chi connectivity index (χ2v) is 29.1. The molecule has 17 nitrogen and oxygen atoms in total. The first-order valence-electron chi connectivity index (χ1n) is 41.0. The number of rotatable bonds is 74. The molecule has 0 spiro atoms. The molecule has 19 heteroatoms. The van der Waals surface area contributed by atoms with Gasteiger partial charge in [-0.3, -0.25) is 37.3 Å². The van der Waals surface area contributed by atoms with Crippen LogP contribution in [0.2, 0.25) is 0 Å². The Morgan fingerprint density at radius 1 is 0.255 bits per heavy atom. The first-order chi connectivity index (χ1) is 53.7. The van der Waals surface area contributed by atoms with Gasteiger partial charge in [-0.05, 0) is 173 Å². The molecule has 110 heavy (non-hydrogen) atoms. The molecular formula is C91H142O17P2. The van der Waals surface area contributed by atoms with Gasteiger partial charge in [0.05, 0.1) is 26.4 Å². The minimum absolute atomic E-state index is 0.0233. The van der Waals surface area contributed by atoms with E-state index in [1.807, 2.05) is 30.4 Å². The van der Waals surface area contributed by atoms with Crippen molar-refractivity contribution in [3.8, 4) is 0 Å². The number of ether oxygens (including phenoxy) is 4. The van der Waals surface area contributed by atoms with Crippen LogP contribution >= 0.6 is 15.6 Å². The van der Waals surface area contributed by atoms with E-state index in [9.17, 15) is 43.2 Å². The number of phosphoric ester groups is 2. The number of aliphatic hydroxyl groups is 1. The maximum atomic E-state index is 13.1. The fraction of sp³-hybridized carbons (Fsp3) is 0.560. The normalized spacial score (nSPS) is 14.9. The number of phosphoric acid groups is 2. The maximum absolute atomic E-state index is 13.1. The van der Waals surface area contributed by atoms with Gasteiger partial charge in [0.1, 0.15) is 19.3 Å². The van der Waals surface area contributed by atoms with Crippen LogP contribution in [0.25, 0.3) is 0 Å². The molecule has 0 aromatic carbocycles. The molecule has 5 atom stereocenters. The summed E-state index contributed by atoms with van der Waals surface area (Å²) in [7, 11) is -10.0. The molecule has 5 unspecified atom stereocenters. The Morgan fingerprint density at radius 3 is 0.764 bits per heavy atom. The quantitative estimate of drug-likeness (QED) is 0.0169. The molecule has 0 saturated heterocycles. The Balaban J connectivity index is 5.56. The summed E-state index contributed by atoms with van der Waals surface area (Å²) in [4.78, 5) is 73.1. The first-order valence-corrected chi connectivity index (χ1v) is 44.0. The maximum Gasteiger partial charge on any atom is 0.472 e. The van der Waals surface area contributed by atoms with Crippen LogP contribution in [-0.2, 0) is 65.4 Å². The molecule has 0 aliphatic carbocycles. The lowest BCUT2D eigenvalue weighted by atomic mass is 10.1. The van der Waals surface area contributed by atoms with E-state index in [0.29, 0.717) is 38.5 Å². The van der Waals surface area contributed by atoms with Gasteiger partial charge in [0.15, 0.2) is 12.2 Å². The van der Waals surface area contributed by atoms with Crippen molar-refractivity contribution >= 4 is 39.5 Å². The Kier molecular flexibility index (Phi) is 75.6. The average Bonchev–Trinajstić information content (AvgIpc) is 0.906. The Labute approximate surface area is 664 Å². The number of allylic oxidation sites excluding steroid dienone is 36. The monoisotopic (exact) mass is 1570 g/mol. The van der Waals surface area contributed by atoms with Gasteiger partial charge in [-0.1, -0.05) is 291 Å². The van der Waals surface area contributed by atoms with E-state index in [2.05, 4.69) is 216 Å². The molecule has 0 radical (unpaired) electrons. The lowest BCUT2D eigenvalue weighted by Gasteiger charge is -2.21. The number of unbranched alkanes of at least 4 members (excludes halogenated alkanes) is 12. The highest BCUT2D eigenvalue weighted by Crippen LogP contribution is 2.45. The number of esters is 4. The van der Waals surface area contributed by atoms with Crippen LogP contribution in [0.15, 0.2) is 219 Å². The van der Waals surface area contributed by atoms with Crippen LogP contribution in [0.1, 0.15) is 272 Å². The van der Waals surface area contributed by atoms with E-state index >= 15 is 0 Å². The van der Waals surface area contributed by atoms with Gasteiger partial charge in [0.2, 0.25) is 0 Å². The molecule has 0 aliphatic rings. The van der Waals surface area contributed by atoms with Crippen molar-refractivity contribution in [2.45, 2.75) is 290 Å². The molecule has 0 amide bonds. The zero-order valence-electron chi connectivity index (χ0n) is 67.6.